The van der Waals surface area contributed by atoms with Gasteiger partial charge in [-0.3, -0.25) is 4.90 Å². The van der Waals surface area contributed by atoms with E-state index >= 15 is 0 Å². The monoisotopic (exact) mass is 286 g/mol. The number of benzene rings is 1. The fourth-order valence-electron chi connectivity index (χ4n) is 2.36. The van der Waals surface area contributed by atoms with Gasteiger partial charge in [-0.1, -0.05) is 29.3 Å². The zero-order valence-corrected chi connectivity index (χ0v) is 12.5. The van der Waals surface area contributed by atoms with Gasteiger partial charge in [0.25, 0.3) is 0 Å². The summed E-state index contributed by atoms with van der Waals surface area (Å²) < 4.78 is 0. The van der Waals surface area contributed by atoms with Crippen LogP contribution in [0.4, 0.5) is 0 Å². The lowest BCUT2D eigenvalue weighted by atomic mass is 9.90. The second kappa shape index (κ2) is 5.79. The van der Waals surface area contributed by atoms with E-state index in [4.69, 9.17) is 23.2 Å². The van der Waals surface area contributed by atoms with E-state index in [2.05, 4.69) is 17.1 Å². The molecule has 2 rings (SSSR count). The first kappa shape index (κ1) is 14.1. The molecule has 1 heterocycles. The fourth-order valence-corrected chi connectivity index (χ4v) is 2.88. The maximum atomic E-state index is 6.21. The molecule has 0 bridgehead atoms. The number of rotatable bonds is 3. The topological polar surface area (TPSA) is 15.3 Å². The van der Waals surface area contributed by atoms with Gasteiger partial charge in [0.15, 0.2) is 0 Å². The minimum absolute atomic E-state index is 0.279. The minimum Gasteiger partial charge on any atom is -0.314 e. The molecule has 1 aliphatic heterocycles. The highest BCUT2D eigenvalue weighted by Gasteiger charge is 2.28. The van der Waals surface area contributed by atoms with Gasteiger partial charge in [0, 0.05) is 40.8 Å². The first-order chi connectivity index (χ1) is 8.54. The summed E-state index contributed by atoms with van der Waals surface area (Å²) in [5, 5.41) is 4.94. The Morgan fingerprint density at radius 1 is 1.22 bits per heavy atom. The summed E-state index contributed by atoms with van der Waals surface area (Å²) in [5.74, 6) is 0. The lowest BCUT2D eigenvalue weighted by Gasteiger charge is -2.39. The van der Waals surface area contributed by atoms with Gasteiger partial charge in [-0.2, -0.15) is 0 Å². The maximum Gasteiger partial charge on any atom is 0.0465 e. The van der Waals surface area contributed by atoms with Gasteiger partial charge in [0.1, 0.15) is 0 Å². The molecule has 1 aliphatic rings. The van der Waals surface area contributed by atoms with Crippen LogP contribution < -0.4 is 5.32 Å². The van der Waals surface area contributed by atoms with Crippen LogP contribution in [0.5, 0.6) is 0 Å². The predicted octanol–water partition coefficient (Wildman–Crippen LogP) is 3.57. The van der Waals surface area contributed by atoms with Crippen LogP contribution in [0.25, 0.3) is 0 Å². The highest BCUT2D eigenvalue weighted by Crippen LogP contribution is 2.28. The Morgan fingerprint density at radius 3 is 2.28 bits per heavy atom. The van der Waals surface area contributed by atoms with E-state index in [1.54, 1.807) is 0 Å². The molecule has 0 unspecified atom stereocenters. The highest BCUT2D eigenvalue weighted by atomic mass is 35.5. The van der Waals surface area contributed by atoms with Crippen LogP contribution in [0.3, 0.4) is 0 Å². The Balaban J connectivity index is 2.00. The predicted molar refractivity (Wildman–Crippen MR) is 78.4 cm³/mol. The van der Waals surface area contributed by atoms with Crippen molar-refractivity contribution in [3.63, 3.8) is 0 Å². The lowest BCUT2D eigenvalue weighted by molar-refractivity contribution is 0.146. The number of hydrogen-bond donors (Lipinski definition) is 1. The second-order valence-electron chi connectivity index (χ2n) is 5.29. The molecule has 0 atom stereocenters. The molecule has 1 N–H and O–H groups in total. The van der Waals surface area contributed by atoms with Gasteiger partial charge >= 0.3 is 0 Å². The van der Waals surface area contributed by atoms with Crippen molar-refractivity contribution in [1.29, 1.82) is 0 Å². The van der Waals surface area contributed by atoms with Gasteiger partial charge in [0.2, 0.25) is 0 Å². The van der Waals surface area contributed by atoms with Gasteiger partial charge in [-0.15, -0.1) is 0 Å². The molecule has 0 aromatic heterocycles. The number of nitrogens with zero attached hydrogens (tertiary/aromatic N) is 1. The average Bonchev–Trinajstić information content (AvgIpc) is 2.36. The molecular formula is C14H20Cl2N2. The maximum absolute atomic E-state index is 6.21. The Morgan fingerprint density at radius 2 is 1.78 bits per heavy atom. The largest absolute Gasteiger partial charge is 0.314 e. The third-order valence-electron chi connectivity index (χ3n) is 4.01. The average molecular weight is 287 g/mol. The van der Waals surface area contributed by atoms with E-state index in [0.717, 1.165) is 48.1 Å². The van der Waals surface area contributed by atoms with Crippen molar-refractivity contribution in [2.24, 2.45) is 0 Å². The summed E-state index contributed by atoms with van der Waals surface area (Å²) in [6.45, 7) is 5.29. The molecule has 4 heteroatoms. The molecule has 100 valence electrons. The normalized spacial score (nSPS) is 20.0. The molecule has 1 aromatic carbocycles. The molecule has 2 nitrogen and oxygen atoms in total. The van der Waals surface area contributed by atoms with E-state index in [9.17, 15) is 0 Å². The van der Waals surface area contributed by atoms with E-state index in [0.29, 0.717) is 0 Å². The summed E-state index contributed by atoms with van der Waals surface area (Å²) in [6, 6.07) is 5.71. The SMILES string of the molecule is CNC1(C)CCN(Cc2c(Cl)cccc2Cl)CC1. The third-order valence-corrected chi connectivity index (χ3v) is 4.71. The van der Waals surface area contributed by atoms with Gasteiger partial charge in [0.05, 0.1) is 0 Å². The van der Waals surface area contributed by atoms with Crippen molar-refractivity contribution in [2.75, 3.05) is 20.1 Å². The quantitative estimate of drug-likeness (QED) is 0.914. The van der Waals surface area contributed by atoms with Crippen LogP contribution in [0, 0.1) is 0 Å². The van der Waals surface area contributed by atoms with E-state index in [1.807, 2.05) is 25.2 Å². The van der Waals surface area contributed by atoms with Crippen molar-refractivity contribution in [3.05, 3.63) is 33.8 Å². The number of halogens is 2. The Hall–Kier alpha value is -0.280. The van der Waals surface area contributed by atoms with Crippen molar-refractivity contribution in [3.8, 4) is 0 Å². The minimum atomic E-state index is 0.279. The number of nitrogens with one attached hydrogen (secondary N) is 1. The van der Waals surface area contributed by atoms with Crippen LogP contribution in [-0.4, -0.2) is 30.6 Å². The zero-order valence-electron chi connectivity index (χ0n) is 11.0. The van der Waals surface area contributed by atoms with E-state index < -0.39 is 0 Å². The second-order valence-corrected chi connectivity index (χ2v) is 6.10. The summed E-state index contributed by atoms with van der Waals surface area (Å²) in [7, 11) is 2.04. The third kappa shape index (κ3) is 3.18. The van der Waals surface area contributed by atoms with E-state index in [-0.39, 0.29) is 5.54 Å². The Labute approximate surface area is 119 Å². The Bertz CT molecular complexity index is 392. The molecule has 1 aromatic rings. The lowest BCUT2D eigenvalue weighted by Crippen LogP contribution is -2.49. The van der Waals surface area contributed by atoms with Gasteiger partial charge in [-0.25, -0.2) is 0 Å². The molecule has 0 aliphatic carbocycles. The number of likely N-dealkylation sites (tertiary alicyclic amines) is 1. The fraction of sp³-hybridized carbons (Fsp3) is 0.571. The van der Waals surface area contributed by atoms with Gasteiger partial charge < -0.3 is 5.32 Å². The van der Waals surface area contributed by atoms with Crippen LogP contribution in [0.15, 0.2) is 18.2 Å². The molecule has 0 spiro atoms. The molecular weight excluding hydrogens is 267 g/mol. The molecule has 0 saturated carbocycles. The first-order valence-corrected chi connectivity index (χ1v) is 7.14. The summed E-state index contributed by atoms with van der Waals surface area (Å²) in [5.41, 5.74) is 1.33. The zero-order chi connectivity index (χ0) is 13.2. The van der Waals surface area contributed by atoms with Crippen LogP contribution in [0.1, 0.15) is 25.3 Å². The summed E-state index contributed by atoms with van der Waals surface area (Å²) in [4.78, 5) is 2.42. The van der Waals surface area contributed by atoms with Crippen LogP contribution in [-0.2, 0) is 6.54 Å². The van der Waals surface area contributed by atoms with Crippen molar-refractivity contribution in [2.45, 2.75) is 31.8 Å². The molecule has 0 radical (unpaired) electrons. The number of piperidine rings is 1. The van der Waals surface area contributed by atoms with Crippen LogP contribution in [0.2, 0.25) is 10.0 Å². The van der Waals surface area contributed by atoms with Crippen LogP contribution >= 0.6 is 23.2 Å². The number of hydrogen-bond acceptors (Lipinski definition) is 2. The standard InChI is InChI=1S/C14H20Cl2N2/c1-14(17-2)6-8-18(9-7-14)10-11-12(15)4-3-5-13(11)16/h3-5,17H,6-10H2,1-2H3. The first-order valence-electron chi connectivity index (χ1n) is 6.38. The summed E-state index contributed by atoms with van der Waals surface area (Å²) >= 11 is 12.4. The smallest absolute Gasteiger partial charge is 0.0465 e. The van der Waals surface area contributed by atoms with Crippen molar-refractivity contribution < 1.29 is 0 Å². The van der Waals surface area contributed by atoms with Gasteiger partial charge in [-0.05, 0) is 38.9 Å². The molecule has 18 heavy (non-hydrogen) atoms. The Kier molecular flexibility index (Phi) is 4.54. The molecule has 1 fully saturated rings. The van der Waals surface area contributed by atoms with Crippen molar-refractivity contribution in [1.82, 2.24) is 10.2 Å². The molecule has 1 saturated heterocycles. The van der Waals surface area contributed by atoms with Crippen molar-refractivity contribution >= 4 is 23.2 Å². The highest BCUT2D eigenvalue weighted by molar-refractivity contribution is 6.35. The summed E-state index contributed by atoms with van der Waals surface area (Å²) in [6.07, 6.45) is 2.32. The van der Waals surface area contributed by atoms with E-state index in [1.165, 1.54) is 0 Å². The molecule has 0 amide bonds.